The van der Waals surface area contributed by atoms with Crippen molar-refractivity contribution < 1.29 is 19.1 Å². The summed E-state index contributed by atoms with van der Waals surface area (Å²) in [6.45, 7) is 8.83. The van der Waals surface area contributed by atoms with Gasteiger partial charge in [0.05, 0.1) is 29.9 Å². The summed E-state index contributed by atoms with van der Waals surface area (Å²) in [5, 5.41) is 0. The Balaban J connectivity index is 1.54. The number of hydrogen-bond donors (Lipinski definition) is 0. The van der Waals surface area contributed by atoms with Crippen molar-refractivity contribution in [2.24, 2.45) is 0 Å². The van der Waals surface area contributed by atoms with E-state index in [2.05, 4.69) is 22.8 Å². The number of aryl methyl sites for hydroxylation is 1. The Morgan fingerprint density at radius 3 is 2.44 bits per heavy atom. The van der Waals surface area contributed by atoms with Crippen LogP contribution in [-0.2, 0) is 22.3 Å². The van der Waals surface area contributed by atoms with Crippen LogP contribution in [0.4, 0.5) is 15.3 Å². The van der Waals surface area contributed by atoms with E-state index in [1.165, 1.54) is 12.7 Å². The second-order valence-corrected chi connectivity index (χ2v) is 10.8. The number of aromatic nitrogens is 2. The van der Waals surface area contributed by atoms with Gasteiger partial charge in [-0.2, -0.15) is 0 Å². The third-order valence-electron chi connectivity index (χ3n) is 6.98. The molecular weight excluding hydrogens is 456 g/mol. The van der Waals surface area contributed by atoms with Crippen molar-refractivity contribution in [2.45, 2.75) is 64.6 Å². The van der Waals surface area contributed by atoms with Crippen molar-refractivity contribution in [1.82, 2.24) is 14.5 Å². The highest BCUT2D eigenvalue weighted by Gasteiger charge is 2.38. The highest BCUT2D eigenvalue weighted by Crippen LogP contribution is 2.39. The number of amides is 2. The highest BCUT2D eigenvalue weighted by molar-refractivity contribution is 5.95. The van der Waals surface area contributed by atoms with Crippen LogP contribution in [0.1, 0.15) is 57.1 Å². The summed E-state index contributed by atoms with van der Waals surface area (Å²) in [5.74, 6) is 0.960. The molecule has 36 heavy (non-hydrogen) atoms. The second kappa shape index (κ2) is 9.15. The van der Waals surface area contributed by atoms with Crippen LogP contribution in [0.15, 0.2) is 42.5 Å². The summed E-state index contributed by atoms with van der Waals surface area (Å²) < 4.78 is 12.9. The lowest BCUT2D eigenvalue weighted by Crippen LogP contribution is -2.52. The first-order chi connectivity index (χ1) is 17.2. The number of fused-ring (bicyclic) bond motifs is 3. The maximum absolute atomic E-state index is 12.6. The lowest BCUT2D eigenvalue weighted by Gasteiger charge is -2.41. The topological polar surface area (TPSA) is 76.9 Å². The Morgan fingerprint density at radius 2 is 1.78 bits per heavy atom. The first-order valence-corrected chi connectivity index (χ1v) is 12.6. The molecule has 1 fully saturated rings. The van der Waals surface area contributed by atoms with Gasteiger partial charge in [-0.15, -0.1) is 0 Å². The molecule has 0 radical (unpaired) electrons. The molecule has 2 aliphatic rings. The van der Waals surface area contributed by atoms with Gasteiger partial charge in [0.25, 0.3) is 0 Å². The molecule has 190 valence electrons. The lowest BCUT2D eigenvalue weighted by atomic mass is 9.95. The Kier molecular flexibility index (Phi) is 6.14. The van der Waals surface area contributed by atoms with Crippen LogP contribution in [0.2, 0.25) is 0 Å². The van der Waals surface area contributed by atoms with Gasteiger partial charge in [0.1, 0.15) is 11.4 Å². The predicted molar refractivity (Wildman–Crippen MR) is 138 cm³/mol. The summed E-state index contributed by atoms with van der Waals surface area (Å²) in [5.41, 5.74) is 4.56. The molecule has 0 aliphatic carbocycles. The largest absolute Gasteiger partial charge is 0.452 e. The van der Waals surface area contributed by atoms with Crippen LogP contribution in [-0.4, -0.2) is 58.5 Å². The van der Waals surface area contributed by atoms with Crippen LogP contribution < -0.4 is 4.90 Å². The van der Waals surface area contributed by atoms with Gasteiger partial charge in [0.15, 0.2) is 0 Å². The molecule has 1 saturated heterocycles. The summed E-state index contributed by atoms with van der Waals surface area (Å²) in [7, 11) is 1.42. The molecule has 1 atom stereocenters. The van der Waals surface area contributed by atoms with Crippen LogP contribution in [0.25, 0.3) is 11.0 Å². The van der Waals surface area contributed by atoms with Crippen LogP contribution in [0.5, 0.6) is 0 Å². The van der Waals surface area contributed by atoms with E-state index >= 15 is 0 Å². The minimum Gasteiger partial charge on any atom is -0.452 e. The van der Waals surface area contributed by atoms with Gasteiger partial charge in [0, 0.05) is 31.1 Å². The third-order valence-corrected chi connectivity index (χ3v) is 6.98. The number of imidazole rings is 1. The van der Waals surface area contributed by atoms with E-state index in [9.17, 15) is 9.59 Å². The fraction of sp³-hybridized carbons (Fsp3) is 0.464. The van der Waals surface area contributed by atoms with E-state index in [0.29, 0.717) is 19.5 Å². The third kappa shape index (κ3) is 4.40. The molecule has 5 rings (SSSR count). The monoisotopic (exact) mass is 490 g/mol. The Bertz CT molecular complexity index is 1290. The predicted octanol–water partition coefficient (Wildman–Crippen LogP) is 5.33. The second-order valence-electron chi connectivity index (χ2n) is 10.8. The van der Waals surface area contributed by atoms with Gasteiger partial charge in [-0.3, -0.25) is 4.90 Å². The van der Waals surface area contributed by atoms with E-state index in [1.807, 2.05) is 52.0 Å². The average Bonchev–Trinajstić information content (AvgIpc) is 3.15. The number of rotatable bonds is 3. The first-order valence-electron chi connectivity index (χ1n) is 12.6. The van der Waals surface area contributed by atoms with Crippen molar-refractivity contribution in [2.75, 3.05) is 25.1 Å². The van der Waals surface area contributed by atoms with Gasteiger partial charge in [0.2, 0.25) is 0 Å². The van der Waals surface area contributed by atoms with Crippen molar-refractivity contribution in [1.29, 1.82) is 0 Å². The maximum atomic E-state index is 12.6. The first kappa shape index (κ1) is 24.2. The van der Waals surface area contributed by atoms with Crippen molar-refractivity contribution in [3.8, 4) is 0 Å². The quantitative estimate of drug-likeness (QED) is 0.496. The van der Waals surface area contributed by atoms with Gasteiger partial charge in [-0.25, -0.2) is 14.6 Å². The van der Waals surface area contributed by atoms with Gasteiger partial charge >= 0.3 is 12.2 Å². The van der Waals surface area contributed by atoms with E-state index in [0.717, 1.165) is 41.0 Å². The van der Waals surface area contributed by atoms with Crippen LogP contribution in [0, 0.1) is 0 Å². The Hall–Kier alpha value is -3.55. The molecule has 2 amide bonds. The van der Waals surface area contributed by atoms with E-state index in [1.54, 1.807) is 9.80 Å². The molecule has 3 heterocycles. The number of likely N-dealkylation sites (tertiary alicyclic amines) is 1. The number of nitrogens with zero attached hydrogens (tertiary/aromatic N) is 4. The summed E-state index contributed by atoms with van der Waals surface area (Å²) in [4.78, 5) is 33.8. The highest BCUT2D eigenvalue weighted by atomic mass is 16.6. The number of carbonyl (C=O) groups is 2. The molecule has 0 saturated carbocycles. The smallest absolute Gasteiger partial charge is 0.414 e. The number of carbonyl (C=O) groups excluding carboxylic acids is 2. The number of methoxy groups -OCH3 is 1. The molecule has 0 spiro atoms. The van der Waals surface area contributed by atoms with Gasteiger partial charge < -0.3 is 18.9 Å². The van der Waals surface area contributed by atoms with Crippen molar-refractivity contribution in [3.63, 3.8) is 0 Å². The SMILES string of the molecule is COC(=O)N1c2ccc3c(nc(Cc4ccccc4)n3C3CN(C(=O)OC(C)(C)C)C3)c2CC[C@@H]1C. The van der Waals surface area contributed by atoms with Crippen molar-refractivity contribution >= 4 is 28.9 Å². The molecule has 1 aromatic heterocycles. The standard InChI is InChI=1S/C28H34N4O4/c1-18-11-12-21-22(31(18)27(34)35-5)13-14-23-25(21)29-24(15-19-9-7-6-8-10-19)32(23)20-16-30(17-20)26(33)36-28(2,3)4/h6-10,13-14,18,20H,11-12,15-17H2,1-5H3/t18-/m0/s1. The number of benzene rings is 2. The normalized spacial score (nSPS) is 18.1. The van der Waals surface area contributed by atoms with Gasteiger partial charge in [-0.05, 0) is 58.2 Å². The number of hydrogen-bond acceptors (Lipinski definition) is 5. The molecule has 0 N–H and O–H groups in total. The van der Waals surface area contributed by atoms with E-state index in [-0.39, 0.29) is 24.3 Å². The minimum atomic E-state index is -0.524. The zero-order valence-corrected chi connectivity index (χ0v) is 21.7. The van der Waals surface area contributed by atoms with E-state index < -0.39 is 5.60 Å². The van der Waals surface area contributed by atoms with Gasteiger partial charge in [-0.1, -0.05) is 30.3 Å². The molecule has 2 aliphatic heterocycles. The molecular formula is C28H34N4O4. The average molecular weight is 491 g/mol. The Labute approximate surface area is 211 Å². The molecule has 3 aromatic rings. The lowest BCUT2D eigenvalue weighted by molar-refractivity contribution is 0.00122. The fourth-order valence-electron chi connectivity index (χ4n) is 5.23. The molecule has 2 aromatic carbocycles. The molecule has 8 nitrogen and oxygen atoms in total. The summed E-state index contributed by atoms with van der Waals surface area (Å²) >= 11 is 0. The minimum absolute atomic E-state index is 0.0577. The fourth-order valence-corrected chi connectivity index (χ4v) is 5.23. The summed E-state index contributed by atoms with van der Waals surface area (Å²) in [6.07, 6.45) is 1.74. The molecule has 0 unspecified atom stereocenters. The van der Waals surface area contributed by atoms with Crippen LogP contribution >= 0.6 is 0 Å². The van der Waals surface area contributed by atoms with Crippen molar-refractivity contribution in [3.05, 3.63) is 59.4 Å². The van der Waals surface area contributed by atoms with E-state index in [4.69, 9.17) is 14.5 Å². The number of ether oxygens (including phenoxy) is 2. The zero-order chi connectivity index (χ0) is 25.6. The number of anilines is 1. The molecule has 8 heteroatoms. The Morgan fingerprint density at radius 1 is 1.06 bits per heavy atom. The zero-order valence-electron chi connectivity index (χ0n) is 21.7. The summed E-state index contributed by atoms with van der Waals surface area (Å²) in [6, 6.07) is 14.5. The van der Waals surface area contributed by atoms with Crippen LogP contribution in [0.3, 0.4) is 0 Å². The maximum Gasteiger partial charge on any atom is 0.414 e. The molecule has 0 bridgehead atoms.